The van der Waals surface area contributed by atoms with E-state index in [1.54, 1.807) is 52.7 Å². The van der Waals surface area contributed by atoms with Gasteiger partial charge in [-0.2, -0.15) is 5.10 Å². The Morgan fingerprint density at radius 3 is 2.67 bits per heavy atom. The van der Waals surface area contributed by atoms with Crippen LogP contribution in [0.25, 0.3) is 22.2 Å². The number of rotatable bonds is 4. The number of nitrogens with two attached hydrogens (primary N) is 1. The molecule has 0 saturated heterocycles. The molecule has 0 fully saturated rings. The third kappa shape index (κ3) is 3.34. The Morgan fingerprint density at radius 2 is 2.00 bits per heavy atom. The number of hydrogen-bond acceptors (Lipinski definition) is 5. The summed E-state index contributed by atoms with van der Waals surface area (Å²) in [5, 5.41) is 16.2. The second-order valence-electron chi connectivity index (χ2n) is 5.80. The van der Waals surface area contributed by atoms with Gasteiger partial charge in [-0.25, -0.2) is 0 Å². The van der Waals surface area contributed by atoms with E-state index in [9.17, 15) is 14.7 Å². The fraction of sp³-hybridized carbons (Fsp3) is 0.105. The number of carbonyl (C=O) groups is 1. The first kappa shape index (κ1) is 18.4. The van der Waals surface area contributed by atoms with Crippen LogP contribution in [0.4, 0.5) is 0 Å². The van der Waals surface area contributed by atoms with Crippen molar-refractivity contribution in [2.75, 3.05) is 0 Å². The van der Waals surface area contributed by atoms with Gasteiger partial charge in [0, 0.05) is 17.1 Å². The van der Waals surface area contributed by atoms with Gasteiger partial charge in [-0.1, -0.05) is 19.6 Å². The first-order valence-corrected chi connectivity index (χ1v) is 8.66. The summed E-state index contributed by atoms with van der Waals surface area (Å²) in [5.74, 6) is -0.323. The monoisotopic (exact) mass is 382 g/mol. The Hall–Kier alpha value is -3.39. The topological polar surface area (TPSA) is 114 Å². The number of fused-ring (bicyclic) bond motifs is 1. The maximum Gasteiger partial charge on any atom is 0.259 e. The van der Waals surface area contributed by atoms with Crippen LogP contribution in [0.15, 0.2) is 52.8 Å². The largest absolute Gasteiger partial charge is 0.508 e. The molecule has 0 aliphatic carbocycles. The number of thiophene rings is 1. The lowest BCUT2D eigenvalue weighted by Gasteiger charge is -2.03. The van der Waals surface area contributed by atoms with Crippen LogP contribution >= 0.6 is 11.3 Å². The number of primary amides is 1. The Balaban J connectivity index is 0.00000210. The Labute approximate surface area is 158 Å². The number of aromatic amines is 1. The Morgan fingerprint density at radius 1 is 1.26 bits per heavy atom. The number of aromatic hydroxyl groups is 1. The molecule has 27 heavy (non-hydrogen) atoms. The fourth-order valence-electron chi connectivity index (χ4n) is 2.82. The molecule has 3 aromatic heterocycles. The molecular weight excluding hydrogens is 364 g/mol. The molecule has 8 heteroatoms. The Bertz CT molecular complexity index is 1170. The van der Waals surface area contributed by atoms with Crippen molar-refractivity contribution in [2.45, 2.75) is 14.0 Å². The summed E-state index contributed by atoms with van der Waals surface area (Å²) >= 11 is 1.22. The summed E-state index contributed by atoms with van der Waals surface area (Å²) in [7, 11) is 0. The smallest absolute Gasteiger partial charge is 0.259 e. The molecule has 0 spiro atoms. The fourth-order valence-corrected chi connectivity index (χ4v) is 3.57. The molecule has 1 aromatic carbocycles. The number of aromatic nitrogens is 3. The molecule has 1 amide bonds. The quantitative estimate of drug-likeness (QED) is 0.503. The summed E-state index contributed by atoms with van der Waals surface area (Å²) in [5.41, 5.74) is 7.87. The number of nitrogens with zero attached hydrogens (tertiary/aromatic N) is 2. The molecule has 0 unspecified atom stereocenters. The first-order chi connectivity index (χ1) is 12.5. The first-order valence-electron chi connectivity index (χ1n) is 7.78. The van der Waals surface area contributed by atoms with Gasteiger partial charge >= 0.3 is 0 Å². The SMILES string of the molecule is C.NC(=O)c1cc(-c2nn(Cc3ccc(O)cc3)c3cc[nH]c(=O)c23)cs1. The number of nitrogens with one attached hydrogen (secondary N) is 1. The van der Waals surface area contributed by atoms with Crippen LogP contribution in [0.1, 0.15) is 22.7 Å². The number of pyridine rings is 1. The summed E-state index contributed by atoms with van der Waals surface area (Å²) in [6, 6.07) is 10.2. The lowest BCUT2D eigenvalue weighted by atomic mass is 10.1. The highest BCUT2D eigenvalue weighted by molar-refractivity contribution is 7.12. The number of phenols is 1. The second-order valence-corrected chi connectivity index (χ2v) is 6.71. The highest BCUT2D eigenvalue weighted by Gasteiger charge is 2.17. The van der Waals surface area contributed by atoms with Crippen molar-refractivity contribution in [2.24, 2.45) is 5.73 Å². The van der Waals surface area contributed by atoms with Crippen molar-refractivity contribution >= 4 is 28.1 Å². The molecule has 3 heterocycles. The van der Waals surface area contributed by atoms with Gasteiger partial charge in [0.2, 0.25) is 0 Å². The van der Waals surface area contributed by atoms with Crippen LogP contribution < -0.4 is 11.3 Å². The zero-order valence-electron chi connectivity index (χ0n) is 13.5. The predicted octanol–water partition coefficient (Wildman–Crippen LogP) is 2.94. The van der Waals surface area contributed by atoms with Crippen LogP contribution in [0, 0.1) is 0 Å². The van der Waals surface area contributed by atoms with Crippen molar-refractivity contribution < 1.29 is 9.90 Å². The normalized spacial score (nSPS) is 10.7. The van der Waals surface area contributed by atoms with E-state index < -0.39 is 5.91 Å². The number of benzene rings is 1. The Kier molecular flexibility index (Phi) is 4.83. The zero-order chi connectivity index (χ0) is 18.3. The number of H-pyrrole nitrogens is 1. The highest BCUT2D eigenvalue weighted by Crippen LogP contribution is 2.29. The van der Waals surface area contributed by atoms with Gasteiger partial charge in [-0.3, -0.25) is 14.3 Å². The van der Waals surface area contributed by atoms with E-state index in [1.807, 2.05) is 0 Å². The van der Waals surface area contributed by atoms with E-state index in [2.05, 4.69) is 10.1 Å². The average Bonchev–Trinajstić information content (AvgIpc) is 3.23. The summed E-state index contributed by atoms with van der Waals surface area (Å²) < 4.78 is 1.73. The minimum atomic E-state index is -0.511. The second kappa shape index (κ2) is 7.08. The van der Waals surface area contributed by atoms with Crippen molar-refractivity contribution in [3.63, 3.8) is 0 Å². The van der Waals surface area contributed by atoms with Crippen LogP contribution in [-0.4, -0.2) is 25.8 Å². The number of phenolic OH excluding ortho intramolecular Hbond substituents is 1. The molecule has 0 saturated carbocycles. The average molecular weight is 382 g/mol. The van der Waals surface area contributed by atoms with Crippen LogP contribution in [0.2, 0.25) is 0 Å². The molecule has 0 atom stereocenters. The molecule has 0 bridgehead atoms. The third-order valence-corrected chi connectivity index (χ3v) is 5.00. The predicted molar refractivity (Wildman–Crippen MR) is 106 cm³/mol. The van der Waals surface area contributed by atoms with E-state index in [0.29, 0.717) is 33.6 Å². The van der Waals surface area contributed by atoms with Gasteiger partial charge in [0.1, 0.15) is 11.4 Å². The van der Waals surface area contributed by atoms with E-state index in [0.717, 1.165) is 5.56 Å². The van der Waals surface area contributed by atoms with Crippen molar-refractivity contribution in [3.05, 3.63) is 68.8 Å². The van der Waals surface area contributed by atoms with E-state index in [1.165, 1.54) is 11.3 Å². The molecule has 4 aromatic rings. The van der Waals surface area contributed by atoms with Gasteiger partial charge in [-0.05, 0) is 29.8 Å². The standard InChI is InChI=1S/C18H14N4O3S.CH4/c19-17(24)14-7-11(9-26-14)16-15-13(5-6-20-18(15)25)22(21-16)8-10-1-3-12(23)4-2-10;/h1-7,9,23H,8H2,(H2,19,24)(H,20,25);1H4. The van der Waals surface area contributed by atoms with E-state index in [-0.39, 0.29) is 18.7 Å². The molecular formula is C19H18N4O3S. The summed E-state index contributed by atoms with van der Waals surface area (Å²) in [6.45, 7) is 0.438. The van der Waals surface area contributed by atoms with Gasteiger partial charge in [0.15, 0.2) is 0 Å². The van der Waals surface area contributed by atoms with Gasteiger partial charge in [0.05, 0.1) is 22.3 Å². The molecule has 138 valence electrons. The minimum Gasteiger partial charge on any atom is -0.508 e. The number of hydrogen-bond donors (Lipinski definition) is 3. The maximum absolute atomic E-state index is 12.4. The van der Waals surface area contributed by atoms with Crippen molar-refractivity contribution in [1.82, 2.24) is 14.8 Å². The molecule has 4 N–H and O–H groups in total. The van der Waals surface area contributed by atoms with Crippen LogP contribution in [0.3, 0.4) is 0 Å². The maximum atomic E-state index is 12.4. The molecule has 0 aliphatic heterocycles. The van der Waals surface area contributed by atoms with Gasteiger partial charge in [0.25, 0.3) is 11.5 Å². The van der Waals surface area contributed by atoms with Crippen molar-refractivity contribution in [3.8, 4) is 17.0 Å². The molecule has 0 aliphatic rings. The number of amides is 1. The summed E-state index contributed by atoms with van der Waals surface area (Å²) in [4.78, 5) is 26.8. The number of carbonyl (C=O) groups excluding carboxylic acids is 1. The molecule has 0 radical (unpaired) electrons. The van der Waals surface area contributed by atoms with E-state index in [4.69, 9.17) is 5.73 Å². The molecule has 4 rings (SSSR count). The van der Waals surface area contributed by atoms with Crippen LogP contribution in [0.5, 0.6) is 5.75 Å². The van der Waals surface area contributed by atoms with E-state index >= 15 is 0 Å². The van der Waals surface area contributed by atoms with Crippen LogP contribution in [-0.2, 0) is 6.54 Å². The van der Waals surface area contributed by atoms with Gasteiger partial charge < -0.3 is 15.8 Å². The zero-order valence-corrected chi connectivity index (χ0v) is 14.3. The lowest BCUT2D eigenvalue weighted by molar-refractivity contribution is 0.100. The third-order valence-electron chi connectivity index (χ3n) is 4.06. The molecule has 7 nitrogen and oxygen atoms in total. The minimum absolute atomic E-state index is 0. The summed E-state index contributed by atoms with van der Waals surface area (Å²) in [6.07, 6.45) is 1.58. The van der Waals surface area contributed by atoms with Gasteiger partial charge in [-0.15, -0.1) is 11.3 Å². The highest BCUT2D eigenvalue weighted by atomic mass is 32.1. The van der Waals surface area contributed by atoms with Crippen molar-refractivity contribution in [1.29, 1.82) is 0 Å². The lowest BCUT2D eigenvalue weighted by Crippen LogP contribution is -2.08.